The summed E-state index contributed by atoms with van der Waals surface area (Å²) in [6, 6.07) is 14.5. The minimum Gasteiger partial charge on any atom is -0.379 e. The summed E-state index contributed by atoms with van der Waals surface area (Å²) in [7, 11) is 0. The van der Waals surface area contributed by atoms with Crippen LogP contribution < -0.4 is 16.4 Å². The number of fused-ring (bicyclic) bond motifs is 2. The van der Waals surface area contributed by atoms with Crippen molar-refractivity contribution >= 4 is 22.6 Å². The summed E-state index contributed by atoms with van der Waals surface area (Å²) in [5.41, 5.74) is 2.64. The van der Waals surface area contributed by atoms with Gasteiger partial charge in [0.05, 0.1) is 23.1 Å². The molecule has 4 rings (SSSR count). The van der Waals surface area contributed by atoms with Gasteiger partial charge in [0.2, 0.25) is 0 Å². The van der Waals surface area contributed by atoms with Gasteiger partial charge in [0.25, 0.3) is 11.5 Å². The van der Waals surface area contributed by atoms with E-state index in [2.05, 4.69) is 5.32 Å². The number of pyridine rings is 2. The molecule has 0 saturated heterocycles. The first-order chi connectivity index (χ1) is 16.8. The number of carbonyl (C=O) groups excluding carboxylic acids is 1. The van der Waals surface area contributed by atoms with E-state index in [4.69, 9.17) is 15.1 Å². The second-order valence-electron chi connectivity index (χ2n) is 9.03. The maximum absolute atomic E-state index is 13.4. The molecule has 0 unspecified atom stereocenters. The Hall–Kier alpha value is -3.78. The van der Waals surface area contributed by atoms with E-state index in [1.165, 1.54) is 10.5 Å². The van der Waals surface area contributed by atoms with E-state index in [0.29, 0.717) is 36.3 Å². The molecular weight excluding hydrogens is 442 g/mol. The SMILES string of the molecule is Cc1ccc2nc3c(cc(C(=O)N[C@@H](C)c4ccccc4)c(=N)n3CCCOC(C)C)c(=O)n2c1. The molecule has 3 heterocycles. The monoisotopic (exact) mass is 473 g/mol. The zero-order chi connectivity index (χ0) is 25.1. The van der Waals surface area contributed by atoms with Crippen molar-refractivity contribution in [1.29, 1.82) is 5.41 Å². The van der Waals surface area contributed by atoms with Gasteiger partial charge in [0.15, 0.2) is 0 Å². The molecule has 0 aliphatic rings. The fourth-order valence-corrected chi connectivity index (χ4v) is 4.07. The van der Waals surface area contributed by atoms with Crippen LogP contribution in [0, 0.1) is 12.3 Å². The first-order valence-corrected chi connectivity index (χ1v) is 11.8. The fraction of sp³-hybridized carbons (Fsp3) is 0.333. The smallest absolute Gasteiger partial charge is 0.267 e. The summed E-state index contributed by atoms with van der Waals surface area (Å²) < 4.78 is 8.79. The van der Waals surface area contributed by atoms with Crippen LogP contribution in [0.4, 0.5) is 0 Å². The maximum Gasteiger partial charge on any atom is 0.267 e. The fourth-order valence-electron chi connectivity index (χ4n) is 4.07. The number of amides is 1. The summed E-state index contributed by atoms with van der Waals surface area (Å²) in [6.45, 7) is 8.62. The van der Waals surface area contributed by atoms with Gasteiger partial charge in [-0.1, -0.05) is 36.4 Å². The number of benzene rings is 1. The molecule has 0 spiro atoms. The van der Waals surface area contributed by atoms with E-state index in [-0.39, 0.29) is 28.8 Å². The Balaban J connectivity index is 1.82. The molecule has 0 radical (unpaired) electrons. The van der Waals surface area contributed by atoms with Crippen LogP contribution in [0.2, 0.25) is 0 Å². The molecule has 8 heteroatoms. The van der Waals surface area contributed by atoms with Gasteiger partial charge >= 0.3 is 0 Å². The highest BCUT2D eigenvalue weighted by Gasteiger charge is 2.19. The summed E-state index contributed by atoms with van der Waals surface area (Å²) in [4.78, 5) is 31.4. The van der Waals surface area contributed by atoms with Crippen molar-refractivity contribution in [3.63, 3.8) is 0 Å². The highest BCUT2D eigenvalue weighted by Crippen LogP contribution is 2.15. The van der Waals surface area contributed by atoms with Crippen LogP contribution in [0.25, 0.3) is 16.7 Å². The molecule has 8 nitrogen and oxygen atoms in total. The van der Waals surface area contributed by atoms with E-state index in [0.717, 1.165) is 11.1 Å². The maximum atomic E-state index is 13.4. The van der Waals surface area contributed by atoms with E-state index in [9.17, 15) is 9.59 Å². The Bertz CT molecular complexity index is 1490. The Morgan fingerprint density at radius 1 is 1.14 bits per heavy atom. The molecule has 1 aromatic carbocycles. The van der Waals surface area contributed by atoms with Crippen molar-refractivity contribution in [2.24, 2.45) is 0 Å². The van der Waals surface area contributed by atoms with Gasteiger partial charge in [0, 0.05) is 19.3 Å². The second-order valence-corrected chi connectivity index (χ2v) is 9.03. The number of hydrogen-bond acceptors (Lipinski definition) is 5. The Morgan fingerprint density at radius 2 is 1.89 bits per heavy atom. The van der Waals surface area contributed by atoms with Crippen LogP contribution >= 0.6 is 0 Å². The Kier molecular flexibility index (Phi) is 7.12. The molecule has 0 saturated carbocycles. The number of ether oxygens (including phenoxy) is 1. The summed E-state index contributed by atoms with van der Waals surface area (Å²) in [6.07, 6.45) is 2.44. The molecule has 3 aromatic heterocycles. The first-order valence-electron chi connectivity index (χ1n) is 11.8. The van der Waals surface area contributed by atoms with Crippen molar-refractivity contribution in [2.75, 3.05) is 6.61 Å². The van der Waals surface area contributed by atoms with Crippen molar-refractivity contribution in [2.45, 2.75) is 52.8 Å². The third-order valence-corrected chi connectivity index (χ3v) is 5.92. The van der Waals surface area contributed by atoms with E-state index >= 15 is 0 Å². The van der Waals surface area contributed by atoms with E-state index in [1.807, 2.05) is 64.1 Å². The number of carbonyl (C=O) groups is 1. The quantitative estimate of drug-likeness (QED) is 0.301. The van der Waals surface area contributed by atoms with Crippen LogP contribution in [0.1, 0.15) is 54.7 Å². The number of aromatic nitrogens is 3. The largest absolute Gasteiger partial charge is 0.379 e. The number of aryl methyl sites for hydroxylation is 2. The van der Waals surface area contributed by atoms with Crippen LogP contribution in [0.15, 0.2) is 59.5 Å². The molecule has 0 aliphatic heterocycles. The molecule has 1 atom stereocenters. The van der Waals surface area contributed by atoms with Crippen molar-refractivity contribution in [3.05, 3.63) is 87.3 Å². The standard InChI is InChI=1S/C27H31N5O3/c1-17(2)35-14-8-13-31-24(28)21(26(33)29-19(4)20-9-6-5-7-10-20)15-22-25(31)30-23-12-11-18(3)16-32(23)27(22)34/h5-7,9-12,15-17,19,28H,8,13-14H2,1-4H3,(H,29,33)/t19-/m0/s1. The number of nitrogens with one attached hydrogen (secondary N) is 2. The van der Waals surface area contributed by atoms with E-state index in [1.54, 1.807) is 16.8 Å². The van der Waals surface area contributed by atoms with Crippen LogP contribution in [-0.2, 0) is 11.3 Å². The molecule has 182 valence electrons. The molecular formula is C27H31N5O3. The summed E-state index contributed by atoms with van der Waals surface area (Å²) in [5.74, 6) is -0.408. The van der Waals surface area contributed by atoms with Crippen LogP contribution in [0.3, 0.4) is 0 Å². The molecule has 1 amide bonds. The molecule has 35 heavy (non-hydrogen) atoms. The third kappa shape index (κ3) is 5.17. The Morgan fingerprint density at radius 3 is 2.60 bits per heavy atom. The van der Waals surface area contributed by atoms with Crippen LogP contribution in [0.5, 0.6) is 0 Å². The van der Waals surface area contributed by atoms with Gasteiger partial charge in [-0.2, -0.15) is 0 Å². The summed E-state index contributed by atoms with van der Waals surface area (Å²) >= 11 is 0. The highest BCUT2D eigenvalue weighted by atomic mass is 16.5. The minimum atomic E-state index is -0.408. The minimum absolute atomic E-state index is 0.0168. The van der Waals surface area contributed by atoms with Gasteiger partial charge in [-0.3, -0.25) is 19.4 Å². The lowest BCUT2D eigenvalue weighted by Crippen LogP contribution is -2.36. The lowest BCUT2D eigenvalue weighted by molar-refractivity contribution is 0.0748. The van der Waals surface area contributed by atoms with Gasteiger partial charge in [-0.25, -0.2) is 4.98 Å². The molecule has 0 bridgehead atoms. The van der Waals surface area contributed by atoms with Gasteiger partial charge in [0.1, 0.15) is 16.8 Å². The third-order valence-electron chi connectivity index (χ3n) is 5.92. The van der Waals surface area contributed by atoms with E-state index < -0.39 is 5.91 Å². The second kappa shape index (κ2) is 10.2. The Labute approximate surface area is 203 Å². The predicted molar refractivity (Wildman–Crippen MR) is 136 cm³/mol. The average molecular weight is 474 g/mol. The number of rotatable bonds is 8. The molecule has 4 aromatic rings. The zero-order valence-electron chi connectivity index (χ0n) is 20.5. The predicted octanol–water partition coefficient (Wildman–Crippen LogP) is 3.74. The number of hydrogen-bond donors (Lipinski definition) is 2. The lowest BCUT2D eigenvalue weighted by atomic mass is 10.1. The van der Waals surface area contributed by atoms with Gasteiger partial charge in [-0.15, -0.1) is 0 Å². The first kappa shape index (κ1) is 24.3. The van der Waals surface area contributed by atoms with Crippen molar-refractivity contribution in [3.8, 4) is 0 Å². The zero-order valence-corrected chi connectivity index (χ0v) is 20.5. The van der Waals surface area contributed by atoms with Crippen molar-refractivity contribution < 1.29 is 9.53 Å². The highest BCUT2D eigenvalue weighted by molar-refractivity contribution is 5.97. The topological polar surface area (TPSA) is 101 Å². The average Bonchev–Trinajstić information content (AvgIpc) is 2.83. The lowest BCUT2D eigenvalue weighted by Gasteiger charge is -2.17. The van der Waals surface area contributed by atoms with Crippen molar-refractivity contribution in [1.82, 2.24) is 19.3 Å². The molecule has 0 aliphatic carbocycles. The summed E-state index contributed by atoms with van der Waals surface area (Å²) in [5, 5.41) is 12.1. The molecule has 0 fully saturated rings. The normalized spacial score (nSPS) is 12.4. The number of nitrogens with zero attached hydrogens (tertiary/aromatic N) is 3. The van der Waals surface area contributed by atoms with Gasteiger partial charge in [-0.05, 0) is 57.4 Å². The molecule has 2 N–H and O–H groups in total. The van der Waals surface area contributed by atoms with Gasteiger partial charge < -0.3 is 14.6 Å². The van der Waals surface area contributed by atoms with Crippen LogP contribution in [-0.4, -0.2) is 32.6 Å².